The maximum atomic E-state index is 13.5. The molecule has 0 aromatic heterocycles. The molecule has 0 amide bonds. The van der Waals surface area contributed by atoms with Crippen LogP contribution in [0.3, 0.4) is 0 Å². The number of piperazine rings is 1. The van der Waals surface area contributed by atoms with E-state index >= 15 is 0 Å². The molecule has 160 valence electrons. The second-order valence-corrected chi connectivity index (χ2v) is 14.0. The van der Waals surface area contributed by atoms with Crippen molar-refractivity contribution in [3.05, 3.63) is 28.8 Å². The van der Waals surface area contributed by atoms with Crippen LogP contribution in [0, 0.1) is 0 Å². The zero-order valence-electron chi connectivity index (χ0n) is 14.7. The van der Waals surface area contributed by atoms with Crippen molar-refractivity contribution in [3.8, 4) is 0 Å². The molecule has 4 atom stereocenters. The summed E-state index contributed by atoms with van der Waals surface area (Å²) in [4.78, 5) is 10.8. The normalized spacial score (nSPS) is 33.1. The highest BCUT2D eigenvalue weighted by Crippen LogP contribution is 2.37. The fourth-order valence-electron chi connectivity index (χ4n) is 4.30. The van der Waals surface area contributed by atoms with Gasteiger partial charge in [-0.05, 0) is 18.2 Å². The Morgan fingerprint density at radius 3 is 2.03 bits per heavy atom. The summed E-state index contributed by atoms with van der Waals surface area (Å²) in [6, 6.07) is -0.359. The minimum Gasteiger partial charge on any atom is -0.478 e. The lowest BCUT2D eigenvalue weighted by atomic mass is 10.0. The highest BCUT2D eigenvalue weighted by Gasteiger charge is 2.57. The number of hydrogen-bond acceptors (Lipinski definition) is 8. The van der Waals surface area contributed by atoms with Crippen molar-refractivity contribution in [2.24, 2.45) is 0 Å². The smallest absolute Gasteiger partial charge is 0.335 e. The summed E-state index contributed by atoms with van der Waals surface area (Å²) in [5.74, 6) is -2.89. The highest BCUT2D eigenvalue weighted by molar-refractivity contribution is 7.92. The molecule has 2 N–H and O–H groups in total. The highest BCUT2D eigenvalue weighted by atomic mass is 35.5. The van der Waals surface area contributed by atoms with Crippen molar-refractivity contribution < 1.29 is 35.2 Å². The molecule has 0 unspecified atom stereocenters. The number of sulfone groups is 2. The third-order valence-corrected chi connectivity index (χ3v) is 11.3. The van der Waals surface area contributed by atoms with Gasteiger partial charge in [0.2, 0.25) is 10.0 Å². The molecule has 10 nitrogen and oxygen atoms in total. The number of halogens is 1. The van der Waals surface area contributed by atoms with Gasteiger partial charge in [-0.3, -0.25) is 0 Å². The molecule has 3 saturated heterocycles. The first-order valence-corrected chi connectivity index (χ1v) is 14.0. The van der Waals surface area contributed by atoms with E-state index in [0.717, 1.165) is 22.5 Å². The van der Waals surface area contributed by atoms with Gasteiger partial charge in [-0.2, -0.15) is 4.31 Å². The molecule has 0 bridgehead atoms. The SMILES string of the molecule is O=C(O)c1ccc(Cl)c(S(=O)(=O)N2[C@@H]3CS(=O)(=O)C[C@@H]3N[C@@H]3CS(=O)(=O)C[C@@H]32)c1. The number of carbonyl (C=O) groups is 1. The predicted octanol–water partition coefficient (Wildman–Crippen LogP) is -1.04. The van der Waals surface area contributed by atoms with Gasteiger partial charge in [0.05, 0.1) is 45.7 Å². The average Bonchev–Trinajstić information content (AvgIpc) is 3.03. The molecule has 3 fully saturated rings. The largest absolute Gasteiger partial charge is 0.478 e. The summed E-state index contributed by atoms with van der Waals surface area (Å²) in [5.41, 5.74) is -0.311. The molecule has 3 aliphatic heterocycles. The van der Waals surface area contributed by atoms with Crippen LogP contribution in [0.2, 0.25) is 5.02 Å². The quantitative estimate of drug-likeness (QED) is 0.547. The van der Waals surface area contributed by atoms with Crippen LogP contribution in [0.15, 0.2) is 23.1 Å². The molecule has 0 saturated carbocycles. The van der Waals surface area contributed by atoms with E-state index in [9.17, 15) is 35.2 Å². The van der Waals surface area contributed by atoms with Crippen LogP contribution in [0.25, 0.3) is 0 Å². The van der Waals surface area contributed by atoms with Crippen molar-refractivity contribution in [2.45, 2.75) is 29.1 Å². The fraction of sp³-hybridized carbons (Fsp3) is 0.533. The zero-order valence-corrected chi connectivity index (χ0v) is 17.9. The second kappa shape index (κ2) is 6.62. The Morgan fingerprint density at radius 1 is 1.03 bits per heavy atom. The Kier molecular flexibility index (Phi) is 4.80. The fourth-order valence-corrected chi connectivity index (χ4v) is 10.7. The van der Waals surface area contributed by atoms with Crippen LogP contribution >= 0.6 is 11.6 Å². The third-order valence-electron chi connectivity index (χ3n) is 5.46. The van der Waals surface area contributed by atoms with Gasteiger partial charge in [0, 0.05) is 12.1 Å². The summed E-state index contributed by atoms with van der Waals surface area (Å²) in [7, 11) is -11.6. The van der Waals surface area contributed by atoms with Gasteiger partial charge in [-0.1, -0.05) is 11.6 Å². The Bertz CT molecular complexity index is 1160. The van der Waals surface area contributed by atoms with Crippen LogP contribution in [0.1, 0.15) is 10.4 Å². The first kappa shape index (κ1) is 21.0. The molecule has 3 aliphatic rings. The lowest BCUT2D eigenvalue weighted by molar-refractivity contribution is 0.0696. The van der Waals surface area contributed by atoms with Crippen LogP contribution in [0.4, 0.5) is 0 Å². The van der Waals surface area contributed by atoms with Gasteiger partial charge in [-0.15, -0.1) is 0 Å². The molecule has 14 heteroatoms. The topological polar surface area (TPSA) is 155 Å². The van der Waals surface area contributed by atoms with Crippen LogP contribution < -0.4 is 5.32 Å². The standard InChI is InChI=1S/C15H17ClN2O8S3/c16-9-2-1-8(15(19)20)3-14(9)29(25,26)18-12-6-27(21,22)4-10(12)17-11-5-28(23,24)7-13(11)18/h1-3,10-13,17H,4-7H2,(H,19,20)/t10-,11+,12+,13-. The molecule has 0 radical (unpaired) electrons. The molecular formula is C15H17ClN2O8S3. The van der Waals surface area contributed by atoms with Crippen molar-refractivity contribution >= 4 is 47.3 Å². The maximum absolute atomic E-state index is 13.5. The lowest BCUT2D eigenvalue weighted by Gasteiger charge is -2.43. The average molecular weight is 485 g/mol. The van der Waals surface area contributed by atoms with Gasteiger partial charge >= 0.3 is 5.97 Å². The van der Waals surface area contributed by atoms with Gasteiger partial charge in [-0.25, -0.2) is 30.0 Å². The summed E-state index contributed by atoms with van der Waals surface area (Å²) >= 11 is 6.05. The third kappa shape index (κ3) is 3.57. The lowest BCUT2D eigenvalue weighted by Crippen LogP contribution is -2.67. The zero-order chi connectivity index (χ0) is 21.4. The first-order chi connectivity index (χ1) is 13.3. The number of rotatable bonds is 3. The summed E-state index contributed by atoms with van der Waals surface area (Å²) in [6.07, 6.45) is 0. The molecule has 3 heterocycles. The van der Waals surface area contributed by atoms with Crippen molar-refractivity contribution in [2.75, 3.05) is 23.0 Å². The number of sulfonamides is 1. The Labute approximate surface area is 172 Å². The van der Waals surface area contributed by atoms with Gasteiger partial charge < -0.3 is 10.4 Å². The van der Waals surface area contributed by atoms with Gasteiger partial charge in [0.1, 0.15) is 4.90 Å². The van der Waals surface area contributed by atoms with Crippen molar-refractivity contribution in [3.63, 3.8) is 0 Å². The molecule has 0 spiro atoms. The minimum atomic E-state index is -4.49. The second-order valence-electron chi connectivity index (χ2n) is 7.45. The number of benzene rings is 1. The van der Waals surface area contributed by atoms with Crippen LogP contribution in [-0.4, -0.2) is 87.8 Å². The number of fused-ring (bicyclic) bond motifs is 2. The first-order valence-electron chi connectivity index (χ1n) is 8.54. The molecular weight excluding hydrogens is 468 g/mol. The monoisotopic (exact) mass is 484 g/mol. The van der Waals surface area contributed by atoms with Crippen LogP contribution in [-0.2, 0) is 29.7 Å². The summed E-state index contributed by atoms with van der Waals surface area (Å²) in [5, 5.41) is 12.0. The van der Waals surface area contributed by atoms with Crippen molar-refractivity contribution in [1.82, 2.24) is 9.62 Å². The van der Waals surface area contributed by atoms with Crippen molar-refractivity contribution in [1.29, 1.82) is 0 Å². The molecule has 0 aliphatic carbocycles. The van der Waals surface area contributed by atoms with E-state index in [-0.39, 0.29) is 22.1 Å². The number of hydrogen-bond donors (Lipinski definition) is 2. The molecule has 4 rings (SSSR count). The van der Waals surface area contributed by atoms with Crippen LogP contribution in [0.5, 0.6) is 0 Å². The molecule has 29 heavy (non-hydrogen) atoms. The number of nitrogens with one attached hydrogen (secondary N) is 1. The van der Waals surface area contributed by atoms with Gasteiger partial charge in [0.25, 0.3) is 0 Å². The molecule has 1 aromatic carbocycles. The van der Waals surface area contributed by atoms with Gasteiger partial charge in [0.15, 0.2) is 19.7 Å². The maximum Gasteiger partial charge on any atom is 0.335 e. The number of aromatic carboxylic acids is 1. The molecule has 1 aromatic rings. The van der Waals surface area contributed by atoms with E-state index in [0.29, 0.717) is 0 Å². The van der Waals surface area contributed by atoms with E-state index in [1.165, 1.54) is 0 Å². The summed E-state index contributed by atoms with van der Waals surface area (Å²) < 4.78 is 76.7. The minimum absolute atomic E-state index is 0.233. The summed E-state index contributed by atoms with van der Waals surface area (Å²) in [6.45, 7) is 0. The Morgan fingerprint density at radius 2 is 1.55 bits per heavy atom. The Hall–Kier alpha value is -1.25. The Balaban J connectivity index is 1.87. The van der Waals surface area contributed by atoms with E-state index in [1.807, 2.05) is 0 Å². The van der Waals surface area contributed by atoms with E-state index in [2.05, 4.69) is 5.32 Å². The number of carboxylic acids is 1. The van der Waals surface area contributed by atoms with E-state index in [1.54, 1.807) is 0 Å². The predicted molar refractivity (Wildman–Crippen MR) is 103 cm³/mol. The number of nitrogens with zero attached hydrogens (tertiary/aromatic N) is 1. The van der Waals surface area contributed by atoms with E-state index in [4.69, 9.17) is 11.6 Å². The van der Waals surface area contributed by atoms with E-state index < -0.39 is 76.2 Å². The number of carboxylic acid groups (broad SMARTS) is 1.